The van der Waals surface area contributed by atoms with E-state index in [0.717, 1.165) is 16.5 Å². The normalized spacial score (nSPS) is 23.8. The van der Waals surface area contributed by atoms with Crippen LogP contribution in [0, 0.1) is 17.6 Å². The minimum Gasteiger partial charge on any atom is -0.502 e. The highest BCUT2D eigenvalue weighted by atomic mass is 32.2. The Labute approximate surface area is 208 Å². The molecule has 1 aliphatic carbocycles. The fourth-order valence-electron chi connectivity index (χ4n) is 5.80. The number of fused-ring (bicyclic) bond motifs is 2. The van der Waals surface area contributed by atoms with E-state index in [1.165, 1.54) is 28.7 Å². The third kappa shape index (κ3) is 3.03. The van der Waals surface area contributed by atoms with E-state index >= 15 is 4.39 Å². The van der Waals surface area contributed by atoms with E-state index in [1.807, 2.05) is 29.3 Å². The number of carbonyl (C=O) groups excluding carboxylic acids is 1. The van der Waals surface area contributed by atoms with Crippen LogP contribution in [0.15, 0.2) is 52.3 Å². The molecule has 7 nitrogen and oxygen atoms in total. The number of halogens is 2. The third-order valence-electron chi connectivity index (χ3n) is 7.58. The molecule has 1 saturated carbocycles. The Morgan fingerprint density at radius 2 is 1.92 bits per heavy atom. The summed E-state index contributed by atoms with van der Waals surface area (Å²) in [5, 5.41) is 12.5. The molecule has 4 bridgehead atoms. The number of aromatic nitrogens is 1. The van der Waals surface area contributed by atoms with Crippen LogP contribution in [0.3, 0.4) is 0 Å². The van der Waals surface area contributed by atoms with Gasteiger partial charge in [0.2, 0.25) is 5.43 Å². The predicted octanol–water partition coefficient (Wildman–Crippen LogP) is 3.75. The van der Waals surface area contributed by atoms with Crippen LogP contribution in [0.1, 0.15) is 46.1 Å². The standard InChI is InChI=1S/C26H21F2N3O4S/c27-17-9-19-21-16(22(17)28)11-36-20-4-2-1-3-15(20)23(21)31-12-29(10-13-7-14(8-13)35-19)26(34)24-25(33)18(32)5-6-30(24)31/h1-6,9,13-14,23,33H,7-8,10-12H2. The van der Waals surface area contributed by atoms with E-state index in [1.54, 1.807) is 4.90 Å². The Bertz CT molecular complexity index is 1500. The number of aromatic hydroxyl groups is 1. The predicted molar refractivity (Wildman–Crippen MR) is 128 cm³/mol. The van der Waals surface area contributed by atoms with Crippen LogP contribution >= 0.6 is 11.8 Å². The lowest BCUT2D eigenvalue weighted by molar-refractivity contribution is 0.0341. The smallest absolute Gasteiger partial charge is 0.277 e. The Balaban J connectivity index is 1.57. The van der Waals surface area contributed by atoms with Crippen molar-refractivity contribution in [1.82, 2.24) is 9.58 Å². The molecule has 1 amide bonds. The highest BCUT2D eigenvalue weighted by Gasteiger charge is 2.44. The summed E-state index contributed by atoms with van der Waals surface area (Å²) in [4.78, 5) is 28.3. The second kappa shape index (κ2) is 7.73. The van der Waals surface area contributed by atoms with Crippen molar-refractivity contribution in [1.29, 1.82) is 0 Å². The first-order valence-corrected chi connectivity index (χ1v) is 12.8. The first-order chi connectivity index (χ1) is 17.4. The van der Waals surface area contributed by atoms with Crippen LogP contribution in [0.5, 0.6) is 11.5 Å². The zero-order chi connectivity index (χ0) is 24.7. The van der Waals surface area contributed by atoms with E-state index in [4.69, 9.17) is 4.74 Å². The number of carbonyl (C=O) groups is 1. The van der Waals surface area contributed by atoms with Gasteiger partial charge in [-0.05, 0) is 30.4 Å². The van der Waals surface area contributed by atoms with Gasteiger partial charge in [0.05, 0.1) is 6.10 Å². The summed E-state index contributed by atoms with van der Waals surface area (Å²) in [5.74, 6) is -2.30. The van der Waals surface area contributed by atoms with Gasteiger partial charge in [-0.15, -0.1) is 11.8 Å². The molecule has 5 heterocycles. The summed E-state index contributed by atoms with van der Waals surface area (Å²) < 4.78 is 38.0. The second-order valence-electron chi connectivity index (χ2n) is 9.70. The molecular formula is C26H21F2N3O4S. The number of pyridine rings is 1. The van der Waals surface area contributed by atoms with E-state index in [2.05, 4.69) is 0 Å². The van der Waals surface area contributed by atoms with E-state index in [0.29, 0.717) is 24.9 Å². The Hall–Kier alpha value is -3.53. The molecule has 2 aromatic carbocycles. The summed E-state index contributed by atoms with van der Waals surface area (Å²) in [7, 11) is 0. The molecule has 1 atom stereocenters. The highest BCUT2D eigenvalue weighted by Crippen LogP contribution is 2.49. The SMILES string of the molecule is O=C1c2c(O)c(=O)ccn2N2CN1CC1CC(C1)Oc1cc(F)c(F)c3c1C2c1ccccc1SC3. The van der Waals surface area contributed by atoms with E-state index in [-0.39, 0.29) is 41.5 Å². The van der Waals surface area contributed by atoms with Gasteiger partial charge in [0.15, 0.2) is 23.1 Å². The van der Waals surface area contributed by atoms with Crippen molar-refractivity contribution < 1.29 is 23.4 Å². The van der Waals surface area contributed by atoms with Crippen LogP contribution in [0.4, 0.5) is 8.78 Å². The van der Waals surface area contributed by atoms with Crippen LogP contribution in [-0.4, -0.2) is 39.9 Å². The number of benzene rings is 2. The van der Waals surface area contributed by atoms with Gasteiger partial charge in [-0.3, -0.25) is 19.3 Å². The van der Waals surface area contributed by atoms with Gasteiger partial charge in [-0.25, -0.2) is 8.78 Å². The number of hydrogen-bond acceptors (Lipinski definition) is 6. The van der Waals surface area contributed by atoms with Crippen molar-refractivity contribution in [2.24, 2.45) is 5.92 Å². The number of thioether (sulfide) groups is 1. The molecule has 0 saturated heterocycles. The van der Waals surface area contributed by atoms with Gasteiger partial charge in [-0.2, -0.15) is 0 Å². The van der Waals surface area contributed by atoms with Crippen LogP contribution in [0.25, 0.3) is 0 Å². The Morgan fingerprint density at radius 3 is 2.75 bits per heavy atom. The fourth-order valence-corrected chi connectivity index (χ4v) is 6.91. The Morgan fingerprint density at radius 1 is 1.11 bits per heavy atom. The molecule has 3 aromatic rings. The first kappa shape index (κ1) is 21.7. The lowest BCUT2D eigenvalue weighted by atomic mass is 9.81. The van der Waals surface area contributed by atoms with Crippen molar-refractivity contribution in [3.8, 4) is 11.5 Å². The van der Waals surface area contributed by atoms with Crippen LogP contribution < -0.4 is 15.2 Å². The van der Waals surface area contributed by atoms with Crippen molar-refractivity contribution in [3.63, 3.8) is 0 Å². The van der Waals surface area contributed by atoms with Crippen molar-refractivity contribution in [2.75, 3.05) is 18.2 Å². The quantitative estimate of drug-likeness (QED) is 0.498. The van der Waals surface area contributed by atoms with Gasteiger partial charge in [-0.1, -0.05) is 18.2 Å². The monoisotopic (exact) mass is 509 g/mol. The topological polar surface area (TPSA) is 75.0 Å². The summed E-state index contributed by atoms with van der Waals surface area (Å²) in [5.41, 5.74) is 0.752. The zero-order valence-electron chi connectivity index (χ0n) is 19.0. The van der Waals surface area contributed by atoms with Gasteiger partial charge < -0.3 is 14.7 Å². The molecule has 36 heavy (non-hydrogen) atoms. The minimum atomic E-state index is -0.961. The lowest BCUT2D eigenvalue weighted by Gasteiger charge is -2.45. The van der Waals surface area contributed by atoms with Crippen molar-refractivity contribution in [2.45, 2.75) is 35.6 Å². The highest BCUT2D eigenvalue weighted by molar-refractivity contribution is 7.98. The molecule has 1 aromatic heterocycles. The minimum absolute atomic E-state index is 0.134. The fraction of sp³-hybridized carbons (Fsp3) is 0.308. The molecular weight excluding hydrogens is 488 g/mol. The maximum absolute atomic E-state index is 15.4. The number of hydrogen-bond donors (Lipinski definition) is 1. The summed E-state index contributed by atoms with van der Waals surface area (Å²) in [6, 6.07) is 9.27. The number of amides is 1. The van der Waals surface area contributed by atoms with Crippen LogP contribution in [-0.2, 0) is 5.75 Å². The molecule has 1 fully saturated rings. The molecule has 1 unspecified atom stereocenters. The molecule has 8 rings (SSSR count). The molecule has 5 aliphatic rings. The molecule has 10 heteroatoms. The number of nitrogens with zero attached hydrogens (tertiary/aromatic N) is 3. The van der Waals surface area contributed by atoms with Gasteiger partial charge >= 0.3 is 0 Å². The molecule has 0 spiro atoms. The van der Waals surface area contributed by atoms with Gasteiger partial charge in [0.25, 0.3) is 5.91 Å². The molecule has 4 aliphatic heterocycles. The molecule has 0 radical (unpaired) electrons. The largest absolute Gasteiger partial charge is 0.502 e. The summed E-state index contributed by atoms with van der Waals surface area (Å²) in [6.07, 6.45) is 2.62. The zero-order valence-corrected chi connectivity index (χ0v) is 19.8. The second-order valence-corrected chi connectivity index (χ2v) is 10.7. The van der Waals surface area contributed by atoms with E-state index in [9.17, 15) is 19.1 Å². The van der Waals surface area contributed by atoms with Crippen molar-refractivity contribution >= 4 is 17.7 Å². The van der Waals surface area contributed by atoms with Crippen LogP contribution in [0.2, 0.25) is 0 Å². The Kier molecular flexibility index (Phi) is 4.67. The number of rotatable bonds is 0. The van der Waals surface area contributed by atoms with E-state index < -0.39 is 34.8 Å². The maximum atomic E-state index is 15.4. The summed E-state index contributed by atoms with van der Waals surface area (Å²) in [6.45, 7) is 0.559. The average molecular weight is 510 g/mol. The van der Waals surface area contributed by atoms with Gasteiger partial charge in [0.1, 0.15) is 18.5 Å². The molecule has 184 valence electrons. The lowest BCUT2D eigenvalue weighted by Crippen LogP contribution is -2.57. The number of ether oxygens (including phenoxy) is 1. The van der Waals surface area contributed by atoms with Crippen molar-refractivity contribution in [3.05, 3.63) is 86.8 Å². The maximum Gasteiger partial charge on any atom is 0.277 e. The molecule has 1 N–H and O–H groups in total. The van der Waals surface area contributed by atoms with Gasteiger partial charge in [0, 0.05) is 46.6 Å². The first-order valence-electron chi connectivity index (χ1n) is 11.8. The average Bonchev–Trinajstić information content (AvgIpc) is 3.03. The summed E-state index contributed by atoms with van der Waals surface area (Å²) >= 11 is 1.41. The third-order valence-corrected chi connectivity index (χ3v) is 8.70.